The maximum Gasteiger partial charge on any atom is 0.277 e. The fraction of sp³-hybridized carbons (Fsp3) is 0.636. The van der Waals surface area contributed by atoms with E-state index in [9.17, 15) is 4.79 Å². The molecule has 0 amide bonds. The molecule has 8 nitrogen and oxygen atoms in total. The first-order chi connectivity index (χ1) is 9.17. The molecule has 8 heteroatoms. The summed E-state index contributed by atoms with van der Waals surface area (Å²) in [6.45, 7) is 0.590. The monoisotopic (exact) mass is 269 g/mol. The number of nitrogen functional groups attached to an aromatic ring is 1. The standard InChI is InChI=1S/C11H19N5O3/c12-11-14-9-8(10(19)15-11)13-6-16(9)7(3-5-18)2-1-4-17/h7,13,17-18H,1-6H2,(H3,12,14,15,19). The highest BCUT2D eigenvalue weighted by Crippen LogP contribution is 2.29. The Labute approximate surface area is 110 Å². The predicted molar refractivity (Wildman–Crippen MR) is 72.0 cm³/mol. The minimum atomic E-state index is -0.296. The van der Waals surface area contributed by atoms with Gasteiger partial charge in [-0.1, -0.05) is 0 Å². The van der Waals surface area contributed by atoms with Crippen molar-refractivity contribution in [3.05, 3.63) is 10.4 Å². The summed E-state index contributed by atoms with van der Waals surface area (Å²) in [5, 5.41) is 21.0. The van der Waals surface area contributed by atoms with Crippen LogP contribution in [0.4, 0.5) is 17.5 Å². The first kappa shape index (κ1) is 13.6. The number of rotatable bonds is 6. The SMILES string of the molecule is Nc1nc2c(c(=O)[nH]1)NCN2C(CCO)CCCO. The van der Waals surface area contributed by atoms with Crippen LogP contribution in [0.3, 0.4) is 0 Å². The maximum absolute atomic E-state index is 11.7. The lowest BCUT2D eigenvalue weighted by Crippen LogP contribution is -2.36. The Kier molecular flexibility index (Phi) is 4.23. The van der Waals surface area contributed by atoms with Gasteiger partial charge in [0, 0.05) is 19.3 Å². The lowest BCUT2D eigenvalue weighted by atomic mass is 10.1. The average molecular weight is 269 g/mol. The second-order valence-corrected chi connectivity index (χ2v) is 4.49. The van der Waals surface area contributed by atoms with E-state index in [4.69, 9.17) is 15.9 Å². The second kappa shape index (κ2) is 5.89. The zero-order chi connectivity index (χ0) is 13.8. The quantitative estimate of drug-likeness (QED) is 0.451. The van der Waals surface area contributed by atoms with E-state index in [0.717, 1.165) is 0 Å². The van der Waals surface area contributed by atoms with Gasteiger partial charge in [0.15, 0.2) is 5.82 Å². The van der Waals surface area contributed by atoms with Crippen LogP contribution in [0.2, 0.25) is 0 Å². The van der Waals surface area contributed by atoms with Gasteiger partial charge in [-0.2, -0.15) is 4.98 Å². The van der Waals surface area contributed by atoms with Gasteiger partial charge in [0.2, 0.25) is 5.95 Å². The van der Waals surface area contributed by atoms with Gasteiger partial charge in [-0.15, -0.1) is 0 Å². The number of H-pyrrole nitrogens is 1. The van der Waals surface area contributed by atoms with E-state index in [2.05, 4.69) is 15.3 Å². The van der Waals surface area contributed by atoms with Gasteiger partial charge >= 0.3 is 0 Å². The summed E-state index contributed by atoms with van der Waals surface area (Å²) in [4.78, 5) is 20.2. The van der Waals surface area contributed by atoms with E-state index in [-0.39, 0.29) is 30.8 Å². The molecule has 0 aromatic carbocycles. The van der Waals surface area contributed by atoms with Crippen molar-refractivity contribution >= 4 is 17.5 Å². The molecule has 1 atom stereocenters. The molecule has 2 heterocycles. The number of hydrogen-bond acceptors (Lipinski definition) is 7. The fourth-order valence-corrected chi connectivity index (χ4v) is 2.32. The van der Waals surface area contributed by atoms with Crippen molar-refractivity contribution in [2.45, 2.75) is 25.3 Å². The summed E-state index contributed by atoms with van der Waals surface area (Å²) >= 11 is 0. The molecule has 0 aliphatic carbocycles. The summed E-state index contributed by atoms with van der Waals surface area (Å²) in [7, 11) is 0. The van der Waals surface area contributed by atoms with Crippen LogP contribution in [0.1, 0.15) is 19.3 Å². The van der Waals surface area contributed by atoms with Gasteiger partial charge < -0.3 is 26.2 Å². The minimum Gasteiger partial charge on any atom is -0.396 e. The molecule has 1 aliphatic heterocycles. The van der Waals surface area contributed by atoms with Crippen LogP contribution in [0.15, 0.2) is 4.79 Å². The summed E-state index contributed by atoms with van der Waals surface area (Å²) in [5.74, 6) is 0.583. The summed E-state index contributed by atoms with van der Waals surface area (Å²) in [6.07, 6.45) is 1.90. The van der Waals surface area contributed by atoms with Crippen LogP contribution in [-0.2, 0) is 0 Å². The van der Waals surface area contributed by atoms with Crippen molar-refractivity contribution in [3.63, 3.8) is 0 Å². The van der Waals surface area contributed by atoms with Crippen molar-refractivity contribution < 1.29 is 10.2 Å². The Morgan fingerprint density at radius 3 is 2.84 bits per heavy atom. The minimum absolute atomic E-state index is 0.0135. The highest BCUT2D eigenvalue weighted by atomic mass is 16.3. The highest BCUT2D eigenvalue weighted by molar-refractivity contribution is 5.71. The molecule has 0 radical (unpaired) electrons. The van der Waals surface area contributed by atoms with Crippen LogP contribution >= 0.6 is 0 Å². The molecule has 2 rings (SSSR count). The number of aromatic nitrogens is 2. The van der Waals surface area contributed by atoms with Gasteiger partial charge in [-0.3, -0.25) is 9.78 Å². The number of nitrogens with two attached hydrogens (primary N) is 1. The van der Waals surface area contributed by atoms with E-state index in [1.165, 1.54) is 0 Å². The zero-order valence-corrected chi connectivity index (χ0v) is 10.6. The largest absolute Gasteiger partial charge is 0.396 e. The third-order valence-corrected chi connectivity index (χ3v) is 3.22. The number of fused-ring (bicyclic) bond motifs is 1. The Morgan fingerprint density at radius 1 is 1.37 bits per heavy atom. The van der Waals surface area contributed by atoms with Gasteiger partial charge in [-0.25, -0.2) is 0 Å². The molecule has 0 spiro atoms. The van der Waals surface area contributed by atoms with Crippen LogP contribution in [0.25, 0.3) is 0 Å². The maximum atomic E-state index is 11.7. The third kappa shape index (κ3) is 2.79. The highest BCUT2D eigenvalue weighted by Gasteiger charge is 2.29. The molecule has 0 fully saturated rings. The summed E-state index contributed by atoms with van der Waals surface area (Å²) in [5.41, 5.74) is 5.67. The number of aliphatic hydroxyl groups excluding tert-OH is 2. The number of anilines is 3. The van der Waals surface area contributed by atoms with Crippen LogP contribution < -0.4 is 21.5 Å². The first-order valence-electron chi connectivity index (χ1n) is 6.29. The van der Waals surface area contributed by atoms with Gasteiger partial charge in [0.1, 0.15) is 5.69 Å². The molecular formula is C11H19N5O3. The molecule has 106 valence electrons. The zero-order valence-electron chi connectivity index (χ0n) is 10.6. The lowest BCUT2D eigenvalue weighted by molar-refractivity contribution is 0.251. The summed E-state index contributed by atoms with van der Waals surface area (Å²) < 4.78 is 0. The second-order valence-electron chi connectivity index (χ2n) is 4.49. The van der Waals surface area contributed by atoms with Crippen LogP contribution in [0.5, 0.6) is 0 Å². The number of aromatic amines is 1. The number of nitrogens with zero attached hydrogens (tertiary/aromatic N) is 2. The van der Waals surface area contributed by atoms with Gasteiger partial charge in [0.25, 0.3) is 5.56 Å². The van der Waals surface area contributed by atoms with Gasteiger partial charge in [-0.05, 0) is 19.3 Å². The Hall–Kier alpha value is -1.80. The van der Waals surface area contributed by atoms with E-state index in [1.807, 2.05) is 4.90 Å². The van der Waals surface area contributed by atoms with Crippen LogP contribution in [0, 0.1) is 0 Å². The molecule has 1 aliphatic rings. The molecule has 6 N–H and O–H groups in total. The van der Waals surface area contributed by atoms with E-state index >= 15 is 0 Å². The molecule has 1 unspecified atom stereocenters. The fourth-order valence-electron chi connectivity index (χ4n) is 2.32. The molecular weight excluding hydrogens is 250 g/mol. The Morgan fingerprint density at radius 2 is 2.16 bits per heavy atom. The van der Waals surface area contributed by atoms with Crippen molar-refractivity contribution in [2.75, 3.05) is 35.8 Å². The van der Waals surface area contributed by atoms with Gasteiger partial charge in [0.05, 0.1) is 6.67 Å². The van der Waals surface area contributed by atoms with Crippen molar-refractivity contribution in [2.24, 2.45) is 0 Å². The lowest BCUT2D eigenvalue weighted by Gasteiger charge is -2.28. The molecule has 19 heavy (non-hydrogen) atoms. The number of nitrogens with one attached hydrogen (secondary N) is 2. The molecule has 0 saturated carbocycles. The van der Waals surface area contributed by atoms with E-state index in [1.54, 1.807) is 0 Å². The first-order valence-corrected chi connectivity index (χ1v) is 6.29. The Bertz CT molecular complexity index is 490. The van der Waals surface area contributed by atoms with E-state index in [0.29, 0.717) is 37.4 Å². The topological polar surface area (TPSA) is 128 Å². The van der Waals surface area contributed by atoms with Crippen molar-refractivity contribution in [1.82, 2.24) is 9.97 Å². The third-order valence-electron chi connectivity index (χ3n) is 3.22. The molecule has 1 aromatic rings. The normalized spacial score (nSPS) is 15.2. The van der Waals surface area contributed by atoms with Crippen molar-refractivity contribution in [1.29, 1.82) is 0 Å². The number of aliphatic hydroxyl groups is 2. The number of hydrogen-bond donors (Lipinski definition) is 5. The molecule has 0 bridgehead atoms. The smallest absolute Gasteiger partial charge is 0.277 e. The Balaban J connectivity index is 2.25. The van der Waals surface area contributed by atoms with Crippen molar-refractivity contribution in [3.8, 4) is 0 Å². The average Bonchev–Trinajstić information content (AvgIpc) is 2.78. The molecule has 1 aromatic heterocycles. The predicted octanol–water partition coefficient (Wildman–Crippen LogP) is -0.935. The van der Waals surface area contributed by atoms with E-state index < -0.39 is 0 Å². The van der Waals surface area contributed by atoms with Crippen LogP contribution in [-0.4, -0.2) is 46.1 Å². The summed E-state index contributed by atoms with van der Waals surface area (Å²) in [6, 6.07) is 0.0135. The molecule has 0 saturated heterocycles.